The number of nitrogens with one attached hydrogen (secondary N) is 1. The molecule has 0 aromatic heterocycles. The zero-order valence-electron chi connectivity index (χ0n) is 11.3. The topological polar surface area (TPSA) is 32.3 Å². The van der Waals surface area contributed by atoms with Crippen molar-refractivity contribution >= 4 is 15.9 Å². The first-order valence-corrected chi connectivity index (χ1v) is 7.64. The smallest absolute Gasteiger partial charge is 0.124 e. The number of hydrogen-bond acceptors (Lipinski definition) is 2. The fourth-order valence-electron chi connectivity index (χ4n) is 2.97. The monoisotopic (exact) mass is 329 g/mol. The van der Waals surface area contributed by atoms with Crippen LogP contribution in [0.1, 0.15) is 38.2 Å². The summed E-state index contributed by atoms with van der Waals surface area (Å²) >= 11 is 3.38. The highest BCUT2D eigenvalue weighted by Gasteiger charge is 2.33. The van der Waals surface area contributed by atoms with Gasteiger partial charge < -0.3 is 10.4 Å². The fourth-order valence-corrected chi connectivity index (χ4v) is 3.46. The normalized spacial score (nSPS) is 27.5. The Morgan fingerprint density at radius 3 is 2.95 bits per heavy atom. The molecule has 4 heteroatoms. The molecule has 19 heavy (non-hydrogen) atoms. The number of rotatable bonds is 4. The van der Waals surface area contributed by atoms with Crippen molar-refractivity contribution < 1.29 is 9.50 Å². The van der Waals surface area contributed by atoms with Gasteiger partial charge in [-0.25, -0.2) is 4.39 Å². The molecule has 1 aliphatic rings. The highest BCUT2D eigenvalue weighted by molar-refractivity contribution is 9.10. The van der Waals surface area contributed by atoms with Gasteiger partial charge >= 0.3 is 0 Å². The van der Waals surface area contributed by atoms with Gasteiger partial charge in [-0.3, -0.25) is 0 Å². The molecule has 1 aromatic carbocycles. The van der Waals surface area contributed by atoms with Crippen molar-refractivity contribution in [3.8, 4) is 0 Å². The summed E-state index contributed by atoms with van der Waals surface area (Å²) in [6, 6.07) is 4.73. The number of aliphatic hydroxyl groups is 1. The lowest BCUT2D eigenvalue weighted by Gasteiger charge is -2.39. The molecule has 0 heterocycles. The second-order valence-electron chi connectivity index (χ2n) is 5.73. The third-order valence-corrected chi connectivity index (χ3v) is 4.80. The van der Waals surface area contributed by atoms with E-state index in [0.29, 0.717) is 12.5 Å². The van der Waals surface area contributed by atoms with E-state index in [2.05, 4.69) is 28.2 Å². The minimum atomic E-state index is -0.237. The molecule has 106 valence electrons. The number of benzene rings is 1. The van der Waals surface area contributed by atoms with Gasteiger partial charge in [0, 0.05) is 16.6 Å². The van der Waals surface area contributed by atoms with E-state index in [-0.39, 0.29) is 18.0 Å². The lowest BCUT2D eigenvalue weighted by atomic mass is 9.77. The second-order valence-corrected chi connectivity index (χ2v) is 6.58. The molecular weight excluding hydrogens is 309 g/mol. The third kappa shape index (κ3) is 3.77. The van der Waals surface area contributed by atoms with Crippen LogP contribution in [0.3, 0.4) is 0 Å². The maximum atomic E-state index is 13.0. The first-order valence-electron chi connectivity index (χ1n) is 6.84. The Morgan fingerprint density at radius 2 is 2.32 bits per heavy atom. The van der Waals surface area contributed by atoms with Crippen molar-refractivity contribution in [2.75, 3.05) is 6.61 Å². The average molecular weight is 330 g/mol. The van der Waals surface area contributed by atoms with E-state index in [9.17, 15) is 9.50 Å². The second kappa shape index (κ2) is 6.33. The highest BCUT2D eigenvalue weighted by atomic mass is 79.9. The lowest BCUT2D eigenvalue weighted by Crippen LogP contribution is -2.51. The maximum Gasteiger partial charge on any atom is 0.124 e. The quantitative estimate of drug-likeness (QED) is 0.884. The minimum Gasteiger partial charge on any atom is -0.394 e. The average Bonchev–Trinajstić information content (AvgIpc) is 2.38. The van der Waals surface area contributed by atoms with E-state index in [1.54, 1.807) is 6.07 Å². The summed E-state index contributed by atoms with van der Waals surface area (Å²) in [6.45, 7) is 3.04. The Kier molecular flexibility index (Phi) is 4.98. The summed E-state index contributed by atoms with van der Waals surface area (Å²) in [4.78, 5) is 0. The Bertz CT molecular complexity index is 440. The summed E-state index contributed by atoms with van der Waals surface area (Å²) in [7, 11) is 0. The van der Waals surface area contributed by atoms with E-state index in [4.69, 9.17) is 0 Å². The molecule has 1 saturated carbocycles. The molecule has 1 aromatic rings. The Labute approximate surface area is 122 Å². The molecular formula is C15H21BrFNO. The zero-order valence-corrected chi connectivity index (χ0v) is 12.8. The SMILES string of the molecule is CC1CCCC(CO)(NCc2ccc(F)cc2Br)C1. The van der Waals surface area contributed by atoms with Crippen molar-refractivity contribution in [1.82, 2.24) is 5.32 Å². The molecule has 0 aliphatic heterocycles. The summed E-state index contributed by atoms with van der Waals surface area (Å²) in [5.74, 6) is 0.406. The van der Waals surface area contributed by atoms with Crippen LogP contribution in [-0.4, -0.2) is 17.3 Å². The van der Waals surface area contributed by atoms with Crippen molar-refractivity contribution in [2.24, 2.45) is 5.92 Å². The van der Waals surface area contributed by atoms with E-state index in [1.807, 2.05) is 0 Å². The standard InChI is InChI=1S/C15H21BrFNO/c1-11-3-2-6-15(8-11,10-19)18-9-12-4-5-13(17)7-14(12)16/h4-5,7,11,18-19H,2-3,6,8-10H2,1H3. The van der Waals surface area contributed by atoms with Gasteiger partial charge in [0.1, 0.15) is 5.82 Å². The summed E-state index contributed by atoms with van der Waals surface area (Å²) in [6.07, 6.45) is 4.40. The van der Waals surface area contributed by atoms with Gasteiger partial charge in [-0.05, 0) is 36.5 Å². The number of aliphatic hydroxyl groups excluding tert-OH is 1. The van der Waals surface area contributed by atoms with Crippen LogP contribution in [-0.2, 0) is 6.54 Å². The Morgan fingerprint density at radius 1 is 1.53 bits per heavy atom. The molecule has 0 amide bonds. The fraction of sp³-hybridized carbons (Fsp3) is 0.600. The molecule has 2 N–H and O–H groups in total. The van der Waals surface area contributed by atoms with E-state index >= 15 is 0 Å². The van der Waals surface area contributed by atoms with E-state index in [1.165, 1.54) is 18.6 Å². The molecule has 1 aliphatic carbocycles. The maximum absolute atomic E-state index is 13.0. The van der Waals surface area contributed by atoms with Crippen LogP contribution >= 0.6 is 15.9 Å². The molecule has 2 rings (SSSR count). The van der Waals surface area contributed by atoms with Crippen LogP contribution < -0.4 is 5.32 Å². The van der Waals surface area contributed by atoms with Gasteiger partial charge in [0.15, 0.2) is 0 Å². The number of halogens is 2. The van der Waals surface area contributed by atoms with Crippen molar-refractivity contribution in [3.63, 3.8) is 0 Å². The van der Waals surface area contributed by atoms with Gasteiger partial charge in [0.2, 0.25) is 0 Å². The first kappa shape index (κ1) is 14.9. The van der Waals surface area contributed by atoms with Crippen molar-refractivity contribution in [1.29, 1.82) is 0 Å². The molecule has 0 spiro atoms. The Hall–Kier alpha value is -0.450. The van der Waals surface area contributed by atoms with E-state index < -0.39 is 0 Å². The molecule has 1 fully saturated rings. The van der Waals surface area contributed by atoms with Crippen molar-refractivity contribution in [2.45, 2.75) is 44.7 Å². The molecule has 0 bridgehead atoms. The third-order valence-electron chi connectivity index (χ3n) is 4.06. The van der Waals surface area contributed by atoms with Crippen molar-refractivity contribution in [3.05, 3.63) is 34.1 Å². The summed E-state index contributed by atoms with van der Waals surface area (Å²) in [5.41, 5.74) is 0.846. The molecule has 0 saturated heterocycles. The molecule has 2 atom stereocenters. The van der Waals surface area contributed by atoms with Crippen LogP contribution in [0, 0.1) is 11.7 Å². The van der Waals surface area contributed by atoms with Gasteiger partial charge in [0.05, 0.1) is 6.61 Å². The van der Waals surface area contributed by atoms with Crippen LogP contribution in [0.5, 0.6) is 0 Å². The largest absolute Gasteiger partial charge is 0.394 e. The van der Waals surface area contributed by atoms with Crippen LogP contribution in [0.25, 0.3) is 0 Å². The summed E-state index contributed by atoms with van der Waals surface area (Å²) in [5, 5.41) is 13.2. The van der Waals surface area contributed by atoms with Crippen LogP contribution in [0.4, 0.5) is 4.39 Å². The first-order chi connectivity index (χ1) is 9.04. The molecule has 2 unspecified atom stereocenters. The zero-order chi connectivity index (χ0) is 13.9. The Balaban J connectivity index is 2.03. The van der Waals surface area contributed by atoms with E-state index in [0.717, 1.165) is 29.3 Å². The number of hydrogen-bond donors (Lipinski definition) is 2. The molecule has 0 radical (unpaired) electrons. The predicted octanol–water partition coefficient (Wildman–Crippen LogP) is 3.62. The van der Waals surface area contributed by atoms with Gasteiger partial charge in [-0.2, -0.15) is 0 Å². The van der Waals surface area contributed by atoms with Gasteiger partial charge in [-0.15, -0.1) is 0 Å². The summed E-state index contributed by atoms with van der Waals surface area (Å²) < 4.78 is 13.8. The lowest BCUT2D eigenvalue weighted by molar-refractivity contribution is 0.0982. The van der Waals surface area contributed by atoms with Gasteiger partial charge in [-0.1, -0.05) is 41.8 Å². The molecule has 2 nitrogen and oxygen atoms in total. The van der Waals surface area contributed by atoms with Crippen LogP contribution in [0.2, 0.25) is 0 Å². The van der Waals surface area contributed by atoms with Crippen LogP contribution in [0.15, 0.2) is 22.7 Å². The van der Waals surface area contributed by atoms with Gasteiger partial charge in [0.25, 0.3) is 0 Å². The highest BCUT2D eigenvalue weighted by Crippen LogP contribution is 2.32. The minimum absolute atomic E-state index is 0.163. The predicted molar refractivity (Wildman–Crippen MR) is 78.4 cm³/mol.